The Morgan fingerprint density at radius 2 is 0.804 bits per heavy atom. The van der Waals surface area contributed by atoms with Crippen LogP contribution in [0, 0.1) is 0 Å². The Hall–Kier alpha value is -4.96. The Morgan fingerprint density at radius 1 is 0.413 bits per heavy atom. The van der Waals surface area contributed by atoms with Crippen LogP contribution in [0.2, 0.25) is 0 Å². The highest BCUT2D eigenvalue weighted by Gasteiger charge is 2.30. The third-order valence-corrected chi connectivity index (χ3v) is 9.00. The number of aryl methyl sites for hydroxylation is 3. The Labute approximate surface area is 271 Å². The van der Waals surface area contributed by atoms with Gasteiger partial charge in [0.15, 0.2) is 23.1 Å². The molecule has 4 aromatic carbocycles. The largest absolute Gasteiger partial charge is 0.289 e. The molecule has 0 unspecified atom stereocenters. The van der Waals surface area contributed by atoms with E-state index in [1.807, 2.05) is 18.2 Å². The number of carbonyl (C=O) groups excluding carboxylic acids is 4. The van der Waals surface area contributed by atoms with Crippen LogP contribution in [0.1, 0.15) is 104 Å². The van der Waals surface area contributed by atoms with Crippen LogP contribution in [-0.4, -0.2) is 23.1 Å². The fourth-order valence-corrected chi connectivity index (χ4v) is 6.14. The summed E-state index contributed by atoms with van der Waals surface area (Å²) in [5.74, 6) is -0.0635. The third kappa shape index (κ3) is 6.82. The van der Waals surface area contributed by atoms with E-state index in [0.29, 0.717) is 57.4 Å². The molecule has 0 saturated carbocycles. The molecule has 4 nitrogen and oxygen atoms in total. The second-order valence-electron chi connectivity index (χ2n) is 12.0. The SMILES string of the molecule is CCCc1ccc(CCC2=C(C)C(=O)c3ccccc3C2=O)cc1.CCc1ccc(CC2=C(C)C(=O)c3ccccc3C2=O)cc1. The highest BCUT2D eigenvalue weighted by atomic mass is 16.1. The van der Waals surface area contributed by atoms with Crippen molar-refractivity contribution in [3.8, 4) is 0 Å². The van der Waals surface area contributed by atoms with Crippen LogP contribution in [-0.2, 0) is 25.7 Å². The van der Waals surface area contributed by atoms with E-state index in [9.17, 15) is 19.2 Å². The van der Waals surface area contributed by atoms with Crippen molar-refractivity contribution < 1.29 is 19.2 Å². The van der Waals surface area contributed by atoms with Gasteiger partial charge < -0.3 is 0 Å². The van der Waals surface area contributed by atoms with Crippen molar-refractivity contribution in [3.05, 3.63) is 164 Å². The highest BCUT2D eigenvalue weighted by Crippen LogP contribution is 2.30. The van der Waals surface area contributed by atoms with E-state index >= 15 is 0 Å². The van der Waals surface area contributed by atoms with E-state index in [-0.39, 0.29) is 23.1 Å². The van der Waals surface area contributed by atoms with Crippen LogP contribution in [0.25, 0.3) is 0 Å². The van der Waals surface area contributed by atoms with Crippen molar-refractivity contribution in [1.29, 1.82) is 0 Å². The third-order valence-electron chi connectivity index (χ3n) is 9.00. The molecule has 0 saturated heterocycles. The number of hydrogen-bond donors (Lipinski definition) is 0. The van der Waals surface area contributed by atoms with Gasteiger partial charge in [-0.05, 0) is 61.8 Å². The lowest BCUT2D eigenvalue weighted by Gasteiger charge is -2.19. The van der Waals surface area contributed by atoms with Crippen molar-refractivity contribution in [1.82, 2.24) is 0 Å². The molecule has 0 atom stereocenters. The van der Waals surface area contributed by atoms with E-state index in [4.69, 9.17) is 0 Å². The van der Waals surface area contributed by atoms with E-state index in [0.717, 1.165) is 31.2 Å². The molecule has 232 valence electrons. The average molecular weight is 609 g/mol. The van der Waals surface area contributed by atoms with Crippen molar-refractivity contribution in [2.45, 2.75) is 66.2 Å². The van der Waals surface area contributed by atoms with Crippen molar-refractivity contribution in [2.24, 2.45) is 0 Å². The normalized spacial score (nSPS) is 14.2. The molecule has 0 aromatic heterocycles. The molecule has 0 radical (unpaired) electrons. The molecule has 4 aromatic rings. The lowest BCUT2D eigenvalue weighted by Crippen LogP contribution is -2.22. The summed E-state index contributed by atoms with van der Waals surface area (Å²) in [6.07, 6.45) is 5.12. The number of Topliss-reactive ketones (excluding diaryl/α,β-unsaturated/α-hetero) is 4. The second-order valence-corrected chi connectivity index (χ2v) is 12.0. The van der Waals surface area contributed by atoms with Crippen LogP contribution >= 0.6 is 0 Å². The summed E-state index contributed by atoms with van der Waals surface area (Å²) in [6.45, 7) is 7.82. The van der Waals surface area contributed by atoms with Gasteiger partial charge in [-0.25, -0.2) is 0 Å². The molecule has 2 aliphatic rings. The van der Waals surface area contributed by atoms with Crippen molar-refractivity contribution in [3.63, 3.8) is 0 Å². The number of fused-ring (bicyclic) bond motifs is 2. The van der Waals surface area contributed by atoms with Gasteiger partial charge in [-0.15, -0.1) is 0 Å². The van der Waals surface area contributed by atoms with Crippen LogP contribution in [0.3, 0.4) is 0 Å². The maximum atomic E-state index is 12.7. The molecule has 0 fully saturated rings. The number of rotatable bonds is 8. The zero-order valence-corrected chi connectivity index (χ0v) is 27.1. The van der Waals surface area contributed by atoms with Crippen LogP contribution in [0.4, 0.5) is 0 Å². The molecule has 4 heteroatoms. The standard InChI is InChI=1S/C22H22O2.C20H18O2/c1-3-6-16-9-11-17(12-10-16)13-14-18-15(2)21(23)19-7-4-5-8-20(19)22(18)24;1-3-14-8-10-15(11-9-14)12-18-13(2)19(21)16-6-4-5-7-17(16)20(18)22/h4-5,7-12H,3,6,13-14H2,1-2H3;4-11H,3,12H2,1-2H3. The smallest absolute Gasteiger partial charge is 0.190 e. The van der Waals surface area contributed by atoms with Gasteiger partial charge in [0.1, 0.15) is 0 Å². The fourth-order valence-electron chi connectivity index (χ4n) is 6.14. The van der Waals surface area contributed by atoms with Gasteiger partial charge in [-0.1, -0.05) is 117 Å². The van der Waals surface area contributed by atoms with Gasteiger partial charge in [0.25, 0.3) is 0 Å². The quantitative estimate of drug-likeness (QED) is 0.200. The Kier molecular flexibility index (Phi) is 10.2. The van der Waals surface area contributed by atoms with Crippen LogP contribution in [0.15, 0.2) is 119 Å². The predicted molar refractivity (Wildman–Crippen MR) is 184 cm³/mol. The first-order valence-electron chi connectivity index (χ1n) is 16.1. The Morgan fingerprint density at radius 3 is 1.28 bits per heavy atom. The minimum absolute atomic E-state index is 0.00491. The molecule has 2 aliphatic carbocycles. The molecular weight excluding hydrogens is 568 g/mol. The molecule has 0 amide bonds. The van der Waals surface area contributed by atoms with Gasteiger partial charge >= 0.3 is 0 Å². The molecule has 0 heterocycles. The maximum absolute atomic E-state index is 12.7. The number of ketones is 4. The summed E-state index contributed by atoms with van der Waals surface area (Å²) < 4.78 is 0. The van der Waals surface area contributed by atoms with Gasteiger partial charge in [-0.3, -0.25) is 19.2 Å². The number of allylic oxidation sites excluding steroid dienone is 4. The van der Waals surface area contributed by atoms with Gasteiger partial charge in [-0.2, -0.15) is 0 Å². The molecule has 6 rings (SSSR count). The second kappa shape index (κ2) is 14.4. The van der Waals surface area contributed by atoms with E-state index in [1.165, 1.54) is 16.7 Å². The summed E-state index contributed by atoms with van der Waals surface area (Å²) in [5.41, 5.74) is 9.46. The zero-order valence-electron chi connectivity index (χ0n) is 27.1. The van der Waals surface area contributed by atoms with Crippen LogP contribution < -0.4 is 0 Å². The summed E-state index contributed by atoms with van der Waals surface area (Å²) in [6, 6.07) is 31.0. The Bertz CT molecular complexity index is 1870. The molecule has 0 aliphatic heterocycles. The van der Waals surface area contributed by atoms with E-state index in [1.54, 1.807) is 56.3 Å². The average Bonchev–Trinajstić information content (AvgIpc) is 3.09. The topological polar surface area (TPSA) is 68.3 Å². The fraction of sp³-hybridized carbons (Fsp3) is 0.238. The summed E-state index contributed by atoms with van der Waals surface area (Å²) >= 11 is 0. The van der Waals surface area contributed by atoms with Crippen LogP contribution in [0.5, 0.6) is 0 Å². The summed E-state index contributed by atoms with van der Waals surface area (Å²) in [7, 11) is 0. The number of hydrogen-bond acceptors (Lipinski definition) is 4. The maximum Gasteiger partial charge on any atom is 0.190 e. The molecular formula is C42H40O4. The first kappa shape index (κ1) is 32.4. The van der Waals surface area contributed by atoms with Gasteiger partial charge in [0.2, 0.25) is 0 Å². The summed E-state index contributed by atoms with van der Waals surface area (Å²) in [4.78, 5) is 50.4. The van der Waals surface area contributed by atoms with Gasteiger partial charge in [0.05, 0.1) is 0 Å². The minimum Gasteiger partial charge on any atom is -0.289 e. The first-order valence-corrected chi connectivity index (χ1v) is 16.1. The predicted octanol–water partition coefficient (Wildman–Crippen LogP) is 9.15. The highest BCUT2D eigenvalue weighted by molar-refractivity contribution is 6.27. The lowest BCUT2D eigenvalue weighted by molar-refractivity contribution is 0.0972. The lowest BCUT2D eigenvalue weighted by atomic mass is 9.82. The zero-order chi connectivity index (χ0) is 32.8. The molecule has 0 bridgehead atoms. The van der Waals surface area contributed by atoms with E-state index < -0.39 is 0 Å². The Balaban J connectivity index is 0.000000182. The molecule has 0 spiro atoms. The minimum atomic E-state index is -0.0321. The van der Waals surface area contributed by atoms with Crippen molar-refractivity contribution in [2.75, 3.05) is 0 Å². The number of benzene rings is 4. The molecule has 0 N–H and O–H groups in total. The van der Waals surface area contributed by atoms with E-state index in [2.05, 4.69) is 50.2 Å². The first-order chi connectivity index (χ1) is 22.2. The monoisotopic (exact) mass is 608 g/mol. The summed E-state index contributed by atoms with van der Waals surface area (Å²) in [5, 5.41) is 0. The van der Waals surface area contributed by atoms with Crippen molar-refractivity contribution >= 4 is 23.1 Å². The van der Waals surface area contributed by atoms with Gasteiger partial charge in [0, 0.05) is 51.0 Å². The number of carbonyl (C=O) groups is 4. The molecule has 46 heavy (non-hydrogen) atoms.